The summed E-state index contributed by atoms with van der Waals surface area (Å²) in [5.74, 6) is 0.753. The Kier molecular flexibility index (Phi) is 5.06. The van der Waals surface area contributed by atoms with Gasteiger partial charge in [0.15, 0.2) is 0 Å². The lowest BCUT2D eigenvalue weighted by molar-refractivity contribution is 0.0931. The molecule has 1 saturated heterocycles. The van der Waals surface area contributed by atoms with Crippen LogP contribution in [-0.2, 0) is 7.05 Å². The number of aliphatic hydroxyl groups is 1. The Morgan fingerprint density at radius 3 is 2.58 bits per heavy atom. The van der Waals surface area contributed by atoms with Crippen LogP contribution < -0.4 is 5.32 Å². The summed E-state index contributed by atoms with van der Waals surface area (Å²) in [6.45, 7) is 1.11. The first-order valence-electron chi connectivity index (χ1n) is 8.01. The molecule has 1 aromatic carbocycles. The number of aryl methyl sites for hydroxylation is 1. The van der Waals surface area contributed by atoms with Crippen molar-refractivity contribution >= 4 is 17.6 Å². The molecule has 0 unspecified atom stereocenters. The number of hydrogen-bond acceptors (Lipinski definition) is 3. The number of carbonyl (C=O) groups excluding carboxylic acids is 1. The van der Waals surface area contributed by atoms with Crippen molar-refractivity contribution in [2.45, 2.75) is 25.0 Å². The molecule has 1 aliphatic heterocycles. The Morgan fingerprint density at radius 2 is 2.00 bits per heavy atom. The Labute approximate surface area is 146 Å². The van der Waals surface area contributed by atoms with Gasteiger partial charge < -0.3 is 19.9 Å². The van der Waals surface area contributed by atoms with Crippen LogP contribution in [0.25, 0.3) is 0 Å². The van der Waals surface area contributed by atoms with Gasteiger partial charge in [-0.25, -0.2) is 9.78 Å². The number of rotatable bonds is 3. The predicted molar refractivity (Wildman–Crippen MR) is 91.8 cm³/mol. The van der Waals surface area contributed by atoms with E-state index in [1.165, 1.54) is 0 Å². The average Bonchev–Trinajstić information content (AvgIpc) is 3.00. The van der Waals surface area contributed by atoms with Crippen LogP contribution in [0.2, 0.25) is 5.02 Å². The molecule has 3 rings (SSSR count). The maximum Gasteiger partial charge on any atom is 0.318 e. The number of amides is 2. The molecule has 1 aromatic heterocycles. The number of carbonyl (C=O) groups is 1. The second-order valence-corrected chi connectivity index (χ2v) is 6.49. The van der Waals surface area contributed by atoms with Gasteiger partial charge in [0.05, 0.1) is 6.10 Å². The fraction of sp³-hybridized carbons (Fsp3) is 0.412. The van der Waals surface area contributed by atoms with Crippen molar-refractivity contribution < 1.29 is 9.90 Å². The Balaban J connectivity index is 1.81. The zero-order chi connectivity index (χ0) is 17.1. The second-order valence-electron chi connectivity index (χ2n) is 6.05. The van der Waals surface area contributed by atoms with Crippen molar-refractivity contribution in [1.29, 1.82) is 0 Å². The van der Waals surface area contributed by atoms with Gasteiger partial charge in [-0.15, -0.1) is 0 Å². The minimum Gasteiger partial charge on any atom is -0.393 e. The molecule has 2 heterocycles. The van der Waals surface area contributed by atoms with E-state index < -0.39 is 0 Å². The lowest BCUT2D eigenvalue weighted by atomic mass is 10.1. The third kappa shape index (κ3) is 3.71. The van der Waals surface area contributed by atoms with Crippen LogP contribution in [0.4, 0.5) is 4.79 Å². The third-order valence-electron chi connectivity index (χ3n) is 4.34. The number of imidazole rings is 1. The minimum atomic E-state index is -0.360. The highest BCUT2D eigenvalue weighted by Gasteiger charge is 2.26. The lowest BCUT2D eigenvalue weighted by Crippen LogP contribution is -2.47. The SMILES string of the molecule is Cn1ccnc1[C@H](NC(=O)N1CCC(O)CC1)c1ccc(Cl)cc1. The second kappa shape index (κ2) is 7.23. The summed E-state index contributed by atoms with van der Waals surface area (Å²) in [6, 6.07) is 6.88. The number of aromatic nitrogens is 2. The van der Waals surface area contributed by atoms with Gasteiger partial charge in [0.1, 0.15) is 11.9 Å². The molecular weight excluding hydrogens is 328 g/mol. The molecule has 2 N–H and O–H groups in total. The molecule has 1 atom stereocenters. The van der Waals surface area contributed by atoms with Crippen LogP contribution >= 0.6 is 11.6 Å². The Bertz CT molecular complexity index is 693. The van der Waals surface area contributed by atoms with E-state index in [1.54, 1.807) is 23.2 Å². The van der Waals surface area contributed by atoms with Crippen molar-refractivity contribution in [3.05, 3.63) is 53.1 Å². The molecule has 2 aromatic rings. The van der Waals surface area contributed by atoms with Crippen LogP contribution in [0.3, 0.4) is 0 Å². The lowest BCUT2D eigenvalue weighted by Gasteiger charge is -2.31. The molecule has 0 bridgehead atoms. The van der Waals surface area contributed by atoms with E-state index in [4.69, 9.17) is 11.6 Å². The Morgan fingerprint density at radius 1 is 1.33 bits per heavy atom. The van der Waals surface area contributed by atoms with E-state index in [1.807, 2.05) is 29.9 Å². The van der Waals surface area contributed by atoms with Gasteiger partial charge in [0.25, 0.3) is 0 Å². The molecule has 2 amide bonds. The van der Waals surface area contributed by atoms with Gasteiger partial charge in [0, 0.05) is 37.6 Å². The predicted octanol–water partition coefficient (Wildman–Crippen LogP) is 2.33. The first kappa shape index (κ1) is 16.8. The molecule has 24 heavy (non-hydrogen) atoms. The summed E-state index contributed by atoms with van der Waals surface area (Å²) >= 11 is 5.97. The fourth-order valence-electron chi connectivity index (χ4n) is 2.89. The number of piperidine rings is 1. The van der Waals surface area contributed by atoms with Gasteiger partial charge in [-0.2, -0.15) is 0 Å². The minimum absolute atomic E-state index is 0.148. The number of hydrogen-bond donors (Lipinski definition) is 2. The third-order valence-corrected chi connectivity index (χ3v) is 4.59. The van der Waals surface area contributed by atoms with E-state index >= 15 is 0 Å². The molecule has 0 radical (unpaired) electrons. The van der Waals surface area contributed by atoms with Crippen molar-refractivity contribution in [1.82, 2.24) is 19.8 Å². The van der Waals surface area contributed by atoms with Crippen molar-refractivity contribution in [3.8, 4) is 0 Å². The van der Waals surface area contributed by atoms with E-state index in [0.29, 0.717) is 31.0 Å². The molecule has 0 saturated carbocycles. The first-order chi connectivity index (χ1) is 11.5. The summed E-state index contributed by atoms with van der Waals surface area (Å²) in [4.78, 5) is 18.7. The molecular formula is C17H21ClN4O2. The summed E-state index contributed by atoms with van der Waals surface area (Å²) in [7, 11) is 1.90. The summed E-state index contributed by atoms with van der Waals surface area (Å²) in [5, 5.41) is 13.3. The van der Waals surface area contributed by atoms with Crippen LogP contribution in [0, 0.1) is 0 Å². The van der Waals surface area contributed by atoms with Crippen molar-refractivity contribution in [2.24, 2.45) is 7.05 Å². The number of likely N-dealkylation sites (tertiary alicyclic amines) is 1. The smallest absolute Gasteiger partial charge is 0.318 e. The molecule has 7 heteroatoms. The molecule has 0 spiro atoms. The maximum absolute atomic E-state index is 12.6. The number of nitrogens with zero attached hydrogens (tertiary/aromatic N) is 3. The standard InChI is InChI=1S/C17H21ClN4O2/c1-21-11-8-19-16(21)15(12-2-4-13(18)5-3-12)20-17(24)22-9-6-14(23)7-10-22/h2-5,8,11,14-15,23H,6-7,9-10H2,1H3,(H,20,24)/t15-/m1/s1. The van der Waals surface area contributed by atoms with E-state index in [-0.39, 0.29) is 18.2 Å². The Hall–Kier alpha value is -2.05. The van der Waals surface area contributed by atoms with Gasteiger partial charge in [-0.05, 0) is 30.5 Å². The molecule has 6 nitrogen and oxygen atoms in total. The van der Waals surface area contributed by atoms with Crippen molar-refractivity contribution in [3.63, 3.8) is 0 Å². The molecule has 0 aliphatic carbocycles. The normalized spacial score (nSPS) is 16.9. The molecule has 128 valence electrons. The van der Waals surface area contributed by atoms with Crippen LogP contribution in [0.1, 0.15) is 30.3 Å². The van der Waals surface area contributed by atoms with Crippen molar-refractivity contribution in [2.75, 3.05) is 13.1 Å². The highest BCUT2D eigenvalue weighted by molar-refractivity contribution is 6.30. The number of benzene rings is 1. The summed E-state index contributed by atoms with van der Waals surface area (Å²) in [6.07, 6.45) is 4.47. The largest absolute Gasteiger partial charge is 0.393 e. The number of halogens is 1. The van der Waals surface area contributed by atoms with Gasteiger partial charge in [-0.1, -0.05) is 23.7 Å². The first-order valence-corrected chi connectivity index (χ1v) is 8.38. The number of nitrogens with one attached hydrogen (secondary N) is 1. The van der Waals surface area contributed by atoms with E-state index in [0.717, 1.165) is 11.4 Å². The quantitative estimate of drug-likeness (QED) is 0.894. The molecule has 1 aliphatic rings. The average molecular weight is 349 g/mol. The summed E-state index contributed by atoms with van der Waals surface area (Å²) in [5.41, 5.74) is 0.916. The van der Waals surface area contributed by atoms with Crippen LogP contribution in [0.5, 0.6) is 0 Å². The van der Waals surface area contributed by atoms with Crippen LogP contribution in [0.15, 0.2) is 36.7 Å². The zero-order valence-electron chi connectivity index (χ0n) is 13.5. The van der Waals surface area contributed by atoms with Gasteiger partial charge >= 0.3 is 6.03 Å². The topological polar surface area (TPSA) is 70.4 Å². The molecule has 1 fully saturated rings. The number of aliphatic hydroxyl groups excluding tert-OH is 1. The summed E-state index contributed by atoms with van der Waals surface area (Å²) < 4.78 is 1.89. The monoisotopic (exact) mass is 348 g/mol. The zero-order valence-corrected chi connectivity index (χ0v) is 14.3. The highest BCUT2D eigenvalue weighted by Crippen LogP contribution is 2.23. The maximum atomic E-state index is 12.6. The van der Waals surface area contributed by atoms with Gasteiger partial charge in [-0.3, -0.25) is 0 Å². The van der Waals surface area contributed by atoms with Crippen LogP contribution in [-0.4, -0.2) is 44.8 Å². The van der Waals surface area contributed by atoms with E-state index in [9.17, 15) is 9.90 Å². The number of urea groups is 1. The highest BCUT2D eigenvalue weighted by atomic mass is 35.5. The fourth-order valence-corrected chi connectivity index (χ4v) is 3.02. The van der Waals surface area contributed by atoms with E-state index in [2.05, 4.69) is 10.3 Å². The van der Waals surface area contributed by atoms with Gasteiger partial charge in [0.2, 0.25) is 0 Å².